The molecular weight excluding hydrogens is 349 g/mol. The van der Waals surface area contributed by atoms with E-state index in [0.717, 1.165) is 32.4 Å². The molecular formula is C19H24FN5O2. The maximum atomic E-state index is 13.4. The van der Waals surface area contributed by atoms with Crippen LogP contribution in [0.25, 0.3) is 5.69 Å². The van der Waals surface area contributed by atoms with Crippen molar-refractivity contribution in [2.45, 2.75) is 24.8 Å². The number of halogens is 1. The molecule has 0 aliphatic carbocycles. The highest BCUT2D eigenvalue weighted by molar-refractivity contribution is 5.90. The Hall–Kier alpha value is -2.32. The Morgan fingerprint density at radius 3 is 2.96 bits per heavy atom. The van der Waals surface area contributed by atoms with Crippen molar-refractivity contribution in [2.24, 2.45) is 0 Å². The number of ether oxygens (including phenoxy) is 1. The number of rotatable bonds is 5. The van der Waals surface area contributed by atoms with Gasteiger partial charge in [0.25, 0.3) is 5.91 Å². The molecule has 0 radical (unpaired) electrons. The van der Waals surface area contributed by atoms with E-state index >= 15 is 0 Å². The first kappa shape index (κ1) is 18.1. The van der Waals surface area contributed by atoms with Gasteiger partial charge in [-0.05, 0) is 37.5 Å². The van der Waals surface area contributed by atoms with E-state index in [1.807, 2.05) is 4.90 Å². The summed E-state index contributed by atoms with van der Waals surface area (Å²) in [5, 5.41) is 4.27. The molecule has 8 heteroatoms. The number of amides is 1. The normalized spacial score (nSPS) is 22.8. The molecule has 1 amide bonds. The van der Waals surface area contributed by atoms with Crippen LogP contribution in [0.4, 0.5) is 4.39 Å². The molecule has 3 heterocycles. The van der Waals surface area contributed by atoms with Gasteiger partial charge in [-0.25, -0.2) is 14.1 Å². The topological polar surface area (TPSA) is 63.5 Å². The number of carbonyl (C=O) groups excluding carboxylic acids is 1. The number of benzene rings is 1. The van der Waals surface area contributed by atoms with Crippen LogP contribution >= 0.6 is 0 Å². The van der Waals surface area contributed by atoms with Crippen molar-refractivity contribution in [3.63, 3.8) is 0 Å². The van der Waals surface area contributed by atoms with Crippen LogP contribution in [0, 0.1) is 5.82 Å². The molecule has 0 N–H and O–H groups in total. The number of methoxy groups -OCH3 is 1. The minimum atomic E-state index is -0.352. The summed E-state index contributed by atoms with van der Waals surface area (Å²) in [6, 6.07) is 6.06. The maximum Gasteiger partial charge on any atom is 0.293 e. The molecule has 1 aromatic carbocycles. The van der Waals surface area contributed by atoms with Crippen LogP contribution in [0.15, 0.2) is 30.6 Å². The van der Waals surface area contributed by atoms with Gasteiger partial charge in [-0.3, -0.25) is 9.69 Å². The molecule has 1 atom stereocenters. The Morgan fingerprint density at radius 1 is 1.33 bits per heavy atom. The lowest BCUT2D eigenvalue weighted by molar-refractivity contribution is -0.0680. The molecule has 7 nitrogen and oxygen atoms in total. The molecule has 2 aromatic rings. The van der Waals surface area contributed by atoms with E-state index in [2.05, 4.69) is 15.0 Å². The third-order valence-electron chi connectivity index (χ3n) is 5.68. The molecule has 0 unspecified atom stereocenters. The second-order valence-electron chi connectivity index (χ2n) is 7.28. The molecule has 1 aromatic heterocycles. The lowest BCUT2D eigenvalue weighted by atomic mass is 9.77. The third kappa shape index (κ3) is 3.46. The zero-order valence-electron chi connectivity index (χ0n) is 15.5. The first-order valence-corrected chi connectivity index (χ1v) is 9.32. The van der Waals surface area contributed by atoms with Crippen molar-refractivity contribution in [3.8, 4) is 5.69 Å². The molecule has 1 spiro atoms. The fourth-order valence-electron chi connectivity index (χ4n) is 4.13. The Bertz CT molecular complexity index is 826. The number of hydrogen-bond donors (Lipinski definition) is 0. The van der Waals surface area contributed by atoms with Crippen molar-refractivity contribution in [1.82, 2.24) is 24.6 Å². The number of aromatic nitrogens is 3. The van der Waals surface area contributed by atoms with E-state index in [1.54, 1.807) is 19.2 Å². The average molecular weight is 373 g/mol. The highest BCUT2D eigenvalue weighted by atomic mass is 19.1. The monoisotopic (exact) mass is 373 g/mol. The van der Waals surface area contributed by atoms with Crippen molar-refractivity contribution in [1.29, 1.82) is 0 Å². The summed E-state index contributed by atoms with van der Waals surface area (Å²) < 4.78 is 20.1. The molecule has 144 valence electrons. The van der Waals surface area contributed by atoms with E-state index in [-0.39, 0.29) is 23.1 Å². The van der Waals surface area contributed by atoms with Gasteiger partial charge in [0.2, 0.25) is 5.82 Å². The summed E-state index contributed by atoms with van der Waals surface area (Å²) >= 11 is 0. The number of likely N-dealkylation sites (tertiary alicyclic amines) is 2. The fourth-order valence-corrected chi connectivity index (χ4v) is 4.13. The minimum absolute atomic E-state index is 0.0670. The third-order valence-corrected chi connectivity index (χ3v) is 5.68. The van der Waals surface area contributed by atoms with Gasteiger partial charge in [0.05, 0.1) is 12.3 Å². The summed E-state index contributed by atoms with van der Waals surface area (Å²) in [5.74, 6) is -0.364. The zero-order chi connectivity index (χ0) is 18.9. The number of nitrogens with zero attached hydrogens (tertiary/aromatic N) is 5. The van der Waals surface area contributed by atoms with Gasteiger partial charge < -0.3 is 9.64 Å². The molecule has 0 bridgehead atoms. The summed E-state index contributed by atoms with van der Waals surface area (Å²) in [5.41, 5.74) is 0.610. The van der Waals surface area contributed by atoms with E-state index in [9.17, 15) is 9.18 Å². The number of carbonyl (C=O) groups is 1. The van der Waals surface area contributed by atoms with Crippen molar-refractivity contribution in [2.75, 3.05) is 39.9 Å². The smallest absolute Gasteiger partial charge is 0.293 e. The Balaban J connectivity index is 1.47. The lowest BCUT2D eigenvalue weighted by Crippen LogP contribution is -2.67. The first-order chi connectivity index (χ1) is 13.1. The average Bonchev–Trinajstić information content (AvgIpc) is 3.17. The predicted molar refractivity (Wildman–Crippen MR) is 97.3 cm³/mol. The number of piperidine rings is 1. The van der Waals surface area contributed by atoms with E-state index in [0.29, 0.717) is 25.4 Å². The predicted octanol–water partition coefficient (Wildman–Crippen LogP) is 1.73. The Labute approximate surface area is 157 Å². The highest BCUT2D eigenvalue weighted by Gasteiger charge is 2.47. The van der Waals surface area contributed by atoms with Crippen molar-refractivity contribution >= 4 is 5.91 Å². The molecule has 2 fully saturated rings. The van der Waals surface area contributed by atoms with Gasteiger partial charge in [0.1, 0.15) is 12.1 Å². The first-order valence-electron chi connectivity index (χ1n) is 9.32. The van der Waals surface area contributed by atoms with Gasteiger partial charge in [0, 0.05) is 38.8 Å². The van der Waals surface area contributed by atoms with Crippen LogP contribution in [0.2, 0.25) is 0 Å². The summed E-state index contributed by atoms with van der Waals surface area (Å²) in [4.78, 5) is 21.4. The lowest BCUT2D eigenvalue weighted by Gasteiger charge is -2.57. The van der Waals surface area contributed by atoms with Crippen LogP contribution in [-0.2, 0) is 4.74 Å². The van der Waals surface area contributed by atoms with Crippen LogP contribution in [0.1, 0.15) is 29.9 Å². The molecule has 0 saturated carbocycles. The fraction of sp³-hybridized carbons (Fsp3) is 0.526. The Morgan fingerprint density at radius 2 is 2.22 bits per heavy atom. The highest BCUT2D eigenvalue weighted by Crippen LogP contribution is 2.38. The summed E-state index contributed by atoms with van der Waals surface area (Å²) in [6.45, 7) is 4.06. The van der Waals surface area contributed by atoms with Crippen molar-refractivity contribution in [3.05, 3.63) is 42.2 Å². The second kappa shape index (κ2) is 7.36. The SMILES string of the molecule is COCCN1CC[C@@]12CCCN(C(=O)c1ncn(-c3cccc(F)c3)n1)C2. The quantitative estimate of drug-likeness (QED) is 0.799. The van der Waals surface area contributed by atoms with Crippen LogP contribution < -0.4 is 0 Å². The van der Waals surface area contributed by atoms with Gasteiger partial charge in [-0.15, -0.1) is 5.10 Å². The van der Waals surface area contributed by atoms with E-state index in [4.69, 9.17) is 4.74 Å². The van der Waals surface area contributed by atoms with Gasteiger partial charge >= 0.3 is 0 Å². The van der Waals surface area contributed by atoms with Crippen LogP contribution in [-0.4, -0.2) is 75.9 Å². The minimum Gasteiger partial charge on any atom is -0.383 e. The van der Waals surface area contributed by atoms with E-state index in [1.165, 1.54) is 23.1 Å². The molecule has 2 aliphatic rings. The molecule has 2 saturated heterocycles. The van der Waals surface area contributed by atoms with E-state index < -0.39 is 0 Å². The van der Waals surface area contributed by atoms with Gasteiger partial charge in [-0.1, -0.05) is 6.07 Å². The largest absolute Gasteiger partial charge is 0.383 e. The van der Waals surface area contributed by atoms with Gasteiger partial charge in [-0.2, -0.15) is 0 Å². The number of hydrogen-bond acceptors (Lipinski definition) is 5. The maximum absolute atomic E-state index is 13.4. The van der Waals surface area contributed by atoms with Gasteiger partial charge in [0.15, 0.2) is 0 Å². The van der Waals surface area contributed by atoms with Crippen molar-refractivity contribution < 1.29 is 13.9 Å². The summed E-state index contributed by atoms with van der Waals surface area (Å²) in [7, 11) is 1.71. The summed E-state index contributed by atoms with van der Waals surface area (Å²) in [6.07, 6.45) is 4.63. The molecule has 27 heavy (non-hydrogen) atoms. The Kier molecular flexibility index (Phi) is 4.92. The van der Waals surface area contributed by atoms with Crippen LogP contribution in [0.3, 0.4) is 0 Å². The molecule has 4 rings (SSSR count). The standard InChI is InChI=1S/C19H24FN5O2/c1-27-11-10-24-9-7-19(24)6-3-8-23(13-19)18(26)17-21-14-25(22-17)16-5-2-4-15(20)12-16/h2,4-5,12,14H,3,6-11,13H2,1H3/t19-/m1/s1. The molecule has 2 aliphatic heterocycles. The van der Waals surface area contributed by atoms with Crippen LogP contribution in [0.5, 0.6) is 0 Å². The zero-order valence-corrected chi connectivity index (χ0v) is 15.5. The second-order valence-corrected chi connectivity index (χ2v) is 7.28.